The van der Waals surface area contributed by atoms with Crippen LogP contribution in [0.25, 0.3) is 0 Å². The zero-order valence-electron chi connectivity index (χ0n) is 16.1. The summed E-state index contributed by atoms with van der Waals surface area (Å²) in [7, 11) is 0. The first-order valence-electron chi connectivity index (χ1n) is 10.4. The van der Waals surface area contributed by atoms with Crippen LogP contribution in [0.2, 0.25) is 0 Å². The van der Waals surface area contributed by atoms with E-state index in [-0.39, 0.29) is 11.9 Å². The number of hydrogen-bond donors (Lipinski definition) is 0. The molecule has 0 bridgehead atoms. The Bertz CT molecular complexity index is 547. The molecule has 144 valence electrons. The van der Waals surface area contributed by atoms with Gasteiger partial charge in [0.25, 0.3) is 0 Å². The minimum Gasteiger partial charge on any atom is -0.308 e. The molecule has 1 heterocycles. The third kappa shape index (κ3) is 5.01. The van der Waals surface area contributed by atoms with Crippen LogP contribution in [0.3, 0.4) is 0 Å². The Hall–Kier alpha value is -1.06. The largest absolute Gasteiger partial charge is 0.308 e. The van der Waals surface area contributed by atoms with Gasteiger partial charge in [0.2, 0.25) is 5.91 Å². The second kappa shape index (κ2) is 9.75. The summed E-state index contributed by atoms with van der Waals surface area (Å²) in [5.74, 6) is 0.0299. The number of hydrogen-bond acceptors (Lipinski definition) is 2. The lowest BCUT2D eigenvalue weighted by molar-refractivity contribution is -0.118. The molecule has 1 unspecified atom stereocenters. The van der Waals surface area contributed by atoms with E-state index in [4.69, 9.17) is 11.6 Å². The lowest BCUT2D eigenvalue weighted by Crippen LogP contribution is -2.51. The van der Waals surface area contributed by atoms with Crippen molar-refractivity contribution in [2.24, 2.45) is 0 Å². The lowest BCUT2D eigenvalue weighted by Gasteiger charge is -2.42. The van der Waals surface area contributed by atoms with E-state index < -0.39 is 5.38 Å². The van der Waals surface area contributed by atoms with E-state index >= 15 is 0 Å². The molecule has 0 radical (unpaired) electrons. The second-order valence-electron chi connectivity index (χ2n) is 7.93. The van der Waals surface area contributed by atoms with Crippen LogP contribution in [0, 0.1) is 0 Å². The molecule has 1 amide bonds. The molecule has 1 atom stereocenters. The third-order valence-electron chi connectivity index (χ3n) is 6.07. The van der Waals surface area contributed by atoms with Crippen molar-refractivity contribution in [2.75, 3.05) is 18.0 Å². The van der Waals surface area contributed by atoms with Crippen LogP contribution in [0.15, 0.2) is 30.3 Å². The predicted molar refractivity (Wildman–Crippen MR) is 110 cm³/mol. The predicted octanol–water partition coefficient (Wildman–Crippen LogP) is 5.22. The summed E-state index contributed by atoms with van der Waals surface area (Å²) in [6.45, 7) is 3.98. The fourth-order valence-corrected chi connectivity index (χ4v) is 4.71. The van der Waals surface area contributed by atoms with Crippen molar-refractivity contribution < 1.29 is 4.79 Å². The highest BCUT2D eigenvalue weighted by molar-refractivity contribution is 6.32. The van der Waals surface area contributed by atoms with Gasteiger partial charge in [0.1, 0.15) is 5.38 Å². The highest BCUT2D eigenvalue weighted by Crippen LogP contribution is 2.29. The van der Waals surface area contributed by atoms with Crippen molar-refractivity contribution in [3.63, 3.8) is 0 Å². The fourth-order valence-electron chi connectivity index (χ4n) is 4.61. The third-order valence-corrected chi connectivity index (χ3v) is 6.25. The molecule has 1 saturated carbocycles. The highest BCUT2D eigenvalue weighted by Gasteiger charge is 2.32. The molecule has 1 aromatic carbocycles. The molecule has 0 aromatic heterocycles. The average molecular weight is 377 g/mol. The van der Waals surface area contributed by atoms with Gasteiger partial charge in [0, 0.05) is 30.9 Å². The van der Waals surface area contributed by atoms with E-state index in [1.807, 2.05) is 35.2 Å². The van der Waals surface area contributed by atoms with Crippen molar-refractivity contribution in [3.8, 4) is 0 Å². The molecule has 1 aliphatic heterocycles. The SMILES string of the molecule is CC(Cl)C(=O)N(c1ccccc1)C1CCN(C2CCCCCCC2)CC1. The van der Waals surface area contributed by atoms with Crippen LogP contribution in [0.4, 0.5) is 5.69 Å². The number of amides is 1. The second-order valence-corrected chi connectivity index (χ2v) is 8.58. The number of halogens is 1. The summed E-state index contributed by atoms with van der Waals surface area (Å²) < 4.78 is 0. The van der Waals surface area contributed by atoms with Gasteiger partial charge in [0.15, 0.2) is 0 Å². The van der Waals surface area contributed by atoms with Crippen LogP contribution in [0.1, 0.15) is 64.7 Å². The smallest absolute Gasteiger partial charge is 0.245 e. The van der Waals surface area contributed by atoms with Crippen molar-refractivity contribution in [1.29, 1.82) is 0 Å². The minimum absolute atomic E-state index is 0.0299. The molecule has 2 aliphatic rings. The summed E-state index contributed by atoms with van der Waals surface area (Å²) in [6.07, 6.45) is 11.8. The van der Waals surface area contributed by atoms with Gasteiger partial charge in [-0.15, -0.1) is 11.6 Å². The Morgan fingerprint density at radius 2 is 1.58 bits per heavy atom. The van der Waals surface area contributed by atoms with Gasteiger partial charge in [-0.2, -0.15) is 0 Å². The van der Waals surface area contributed by atoms with E-state index in [1.165, 1.54) is 44.9 Å². The number of likely N-dealkylation sites (tertiary alicyclic amines) is 1. The standard InChI is InChI=1S/C22H33ClN2O/c1-18(23)22(26)25(20-12-8-5-9-13-20)21-14-16-24(17-15-21)19-10-6-3-2-4-7-11-19/h5,8-9,12-13,18-19,21H,2-4,6-7,10-11,14-17H2,1H3. The van der Waals surface area contributed by atoms with Crippen LogP contribution in [0.5, 0.6) is 0 Å². The average Bonchev–Trinajstić information content (AvgIpc) is 2.63. The number of nitrogens with zero attached hydrogens (tertiary/aromatic N) is 2. The number of para-hydroxylation sites is 1. The highest BCUT2D eigenvalue weighted by atomic mass is 35.5. The Kier molecular flexibility index (Phi) is 7.39. The van der Waals surface area contributed by atoms with E-state index in [0.29, 0.717) is 0 Å². The molecular weight excluding hydrogens is 344 g/mol. The molecule has 3 rings (SSSR count). The monoisotopic (exact) mass is 376 g/mol. The van der Waals surface area contributed by atoms with Crippen LogP contribution in [-0.2, 0) is 4.79 Å². The topological polar surface area (TPSA) is 23.6 Å². The van der Waals surface area contributed by atoms with Crippen LogP contribution < -0.4 is 4.90 Å². The first-order valence-corrected chi connectivity index (χ1v) is 10.9. The molecule has 0 N–H and O–H groups in total. The Labute approximate surface area is 163 Å². The van der Waals surface area contributed by atoms with Crippen molar-refractivity contribution in [2.45, 2.75) is 82.2 Å². The molecule has 26 heavy (non-hydrogen) atoms. The summed E-state index contributed by atoms with van der Waals surface area (Å²) in [6, 6.07) is 11.1. The number of carbonyl (C=O) groups is 1. The molecule has 3 nitrogen and oxygen atoms in total. The molecule has 1 saturated heterocycles. The summed E-state index contributed by atoms with van der Waals surface area (Å²) >= 11 is 6.17. The van der Waals surface area contributed by atoms with Crippen molar-refractivity contribution in [3.05, 3.63) is 30.3 Å². The van der Waals surface area contributed by atoms with Gasteiger partial charge in [-0.3, -0.25) is 4.79 Å². The van der Waals surface area contributed by atoms with Gasteiger partial charge in [-0.05, 0) is 44.7 Å². The number of anilines is 1. The van der Waals surface area contributed by atoms with E-state index in [9.17, 15) is 4.79 Å². The Morgan fingerprint density at radius 3 is 2.15 bits per heavy atom. The first kappa shape index (κ1) is 19.7. The Morgan fingerprint density at radius 1 is 1.00 bits per heavy atom. The summed E-state index contributed by atoms with van der Waals surface area (Å²) in [5, 5.41) is -0.487. The zero-order valence-corrected chi connectivity index (χ0v) is 16.8. The summed E-state index contributed by atoms with van der Waals surface area (Å²) in [5.41, 5.74) is 0.981. The molecule has 2 fully saturated rings. The number of rotatable bonds is 4. The molecular formula is C22H33ClN2O. The van der Waals surface area contributed by atoms with Gasteiger partial charge in [-0.25, -0.2) is 0 Å². The van der Waals surface area contributed by atoms with E-state index in [1.54, 1.807) is 6.92 Å². The normalized spacial score (nSPS) is 22.4. The molecule has 1 aliphatic carbocycles. The van der Waals surface area contributed by atoms with Crippen molar-refractivity contribution >= 4 is 23.2 Å². The van der Waals surface area contributed by atoms with E-state index in [2.05, 4.69) is 4.90 Å². The zero-order chi connectivity index (χ0) is 18.4. The first-order chi connectivity index (χ1) is 12.7. The van der Waals surface area contributed by atoms with E-state index in [0.717, 1.165) is 37.7 Å². The fraction of sp³-hybridized carbons (Fsp3) is 0.682. The van der Waals surface area contributed by atoms with Gasteiger partial charge in [-0.1, -0.05) is 50.3 Å². The maximum Gasteiger partial charge on any atom is 0.245 e. The quantitative estimate of drug-likeness (QED) is 0.672. The number of piperidine rings is 1. The van der Waals surface area contributed by atoms with Crippen LogP contribution >= 0.6 is 11.6 Å². The summed E-state index contributed by atoms with van der Waals surface area (Å²) in [4.78, 5) is 17.4. The van der Waals surface area contributed by atoms with Gasteiger partial charge < -0.3 is 9.80 Å². The molecule has 0 spiro atoms. The number of carbonyl (C=O) groups excluding carboxylic acids is 1. The number of benzene rings is 1. The maximum atomic E-state index is 12.8. The van der Waals surface area contributed by atoms with Gasteiger partial charge in [0.05, 0.1) is 0 Å². The van der Waals surface area contributed by atoms with Crippen LogP contribution in [-0.4, -0.2) is 41.4 Å². The van der Waals surface area contributed by atoms with Crippen molar-refractivity contribution in [1.82, 2.24) is 4.90 Å². The molecule has 4 heteroatoms. The Balaban J connectivity index is 1.64. The van der Waals surface area contributed by atoms with Gasteiger partial charge >= 0.3 is 0 Å². The molecule has 1 aromatic rings. The maximum absolute atomic E-state index is 12.8. The lowest BCUT2D eigenvalue weighted by atomic mass is 9.93. The minimum atomic E-state index is -0.487. The number of alkyl halides is 1.